The molecule has 0 amide bonds. The van der Waals surface area contributed by atoms with E-state index >= 15 is 0 Å². The van der Waals surface area contributed by atoms with Gasteiger partial charge in [0, 0.05) is 7.05 Å². The van der Waals surface area contributed by atoms with Gasteiger partial charge in [-0.1, -0.05) is 39.8 Å². The summed E-state index contributed by atoms with van der Waals surface area (Å²) in [6, 6.07) is 0. The largest absolute Gasteiger partial charge is 0.334 e. The number of imidazole rings is 1. The minimum absolute atomic E-state index is 1.04. The molecule has 0 radical (unpaired) electrons. The molecule has 14 heavy (non-hydrogen) atoms. The lowest BCUT2D eigenvalue weighted by atomic mass is 10.3. The van der Waals surface area contributed by atoms with E-state index in [0.717, 1.165) is 18.2 Å². The van der Waals surface area contributed by atoms with Crippen LogP contribution in [0.4, 0.5) is 0 Å². The normalized spacial score (nSPS) is 12.6. The third-order valence-electron chi connectivity index (χ3n) is 1.81. The molecule has 0 N–H and O–H groups in total. The highest BCUT2D eigenvalue weighted by Gasteiger charge is 1.89. The van der Waals surface area contributed by atoms with Crippen LogP contribution in [0.15, 0.2) is 6.33 Å². The van der Waals surface area contributed by atoms with Crippen molar-refractivity contribution in [2.45, 2.75) is 40.5 Å². The predicted molar refractivity (Wildman–Crippen MR) is 63.3 cm³/mol. The molecular weight excluding hydrogens is 172 g/mol. The molecule has 0 aliphatic rings. The lowest BCUT2D eigenvalue weighted by molar-refractivity contribution is 0.877. The predicted octanol–water partition coefficient (Wildman–Crippen LogP) is 1.83. The Hall–Kier alpha value is -1.05. The number of rotatable bonds is 2. The van der Waals surface area contributed by atoms with Gasteiger partial charge in [-0.15, -0.1) is 0 Å². The maximum Gasteiger partial charge on any atom is 0.0955 e. The zero-order valence-corrected chi connectivity index (χ0v) is 10.0. The van der Waals surface area contributed by atoms with Gasteiger partial charge < -0.3 is 4.57 Å². The smallest absolute Gasteiger partial charge is 0.0955 e. The first-order valence-corrected chi connectivity index (χ1v) is 5.47. The van der Waals surface area contributed by atoms with Crippen molar-refractivity contribution in [3.05, 3.63) is 17.0 Å². The molecule has 2 nitrogen and oxygen atoms in total. The van der Waals surface area contributed by atoms with Crippen molar-refractivity contribution in [2.24, 2.45) is 7.05 Å². The average molecular weight is 194 g/mol. The van der Waals surface area contributed by atoms with Crippen LogP contribution in [0.5, 0.6) is 0 Å². The Morgan fingerprint density at radius 2 is 1.79 bits per heavy atom. The Labute approximate surface area is 87.0 Å². The molecular formula is C12H22N2. The minimum Gasteiger partial charge on any atom is -0.334 e. The van der Waals surface area contributed by atoms with Crippen molar-refractivity contribution in [3.63, 3.8) is 0 Å². The van der Waals surface area contributed by atoms with Crippen LogP contribution in [0.1, 0.15) is 40.5 Å². The zero-order valence-electron chi connectivity index (χ0n) is 10.0. The molecule has 0 unspecified atom stereocenters. The van der Waals surface area contributed by atoms with E-state index < -0.39 is 0 Å². The molecule has 2 heteroatoms. The summed E-state index contributed by atoms with van der Waals surface area (Å²) in [5.74, 6) is 0. The first-order valence-electron chi connectivity index (χ1n) is 5.47. The summed E-state index contributed by atoms with van der Waals surface area (Å²) >= 11 is 0. The molecule has 0 bridgehead atoms. The molecule has 0 aliphatic carbocycles. The van der Waals surface area contributed by atoms with Gasteiger partial charge in [0.15, 0.2) is 0 Å². The third-order valence-corrected chi connectivity index (χ3v) is 1.81. The topological polar surface area (TPSA) is 17.8 Å². The standard InChI is InChI=1S/C10H16N2.C2H6/c1-4-6-9-10(7-5-2)12(3)8-11-9;1-2/h6-8H,4-5H2,1-3H3;1-2H3/b9-6+,10-7+;. The summed E-state index contributed by atoms with van der Waals surface area (Å²) in [4.78, 5) is 4.30. The van der Waals surface area contributed by atoms with E-state index in [-0.39, 0.29) is 0 Å². The summed E-state index contributed by atoms with van der Waals surface area (Å²) in [6.07, 6.45) is 8.32. The van der Waals surface area contributed by atoms with Crippen LogP contribution in [-0.2, 0) is 7.05 Å². The van der Waals surface area contributed by atoms with Gasteiger partial charge in [0.2, 0.25) is 0 Å². The fourth-order valence-electron chi connectivity index (χ4n) is 1.25. The van der Waals surface area contributed by atoms with Gasteiger partial charge >= 0.3 is 0 Å². The number of aryl methyl sites for hydroxylation is 1. The Balaban J connectivity index is 0.000000791. The van der Waals surface area contributed by atoms with Gasteiger partial charge in [-0.3, -0.25) is 0 Å². The summed E-state index contributed by atoms with van der Waals surface area (Å²) in [5, 5.41) is 2.35. The molecule has 1 aromatic heterocycles. The number of hydrogen-bond acceptors (Lipinski definition) is 1. The third kappa shape index (κ3) is 3.36. The van der Waals surface area contributed by atoms with E-state index in [2.05, 4.69) is 35.6 Å². The monoisotopic (exact) mass is 194 g/mol. The fraction of sp³-hybridized carbons (Fsp3) is 0.583. The van der Waals surface area contributed by atoms with Gasteiger partial charge in [-0.2, -0.15) is 0 Å². The van der Waals surface area contributed by atoms with Gasteiger partial charge in [-0.05, 0) is 12.8 Å². The van der Waals surface area contributed by atoms with E-state index in [0.29, 0.717) is 0 Å². The Morgan fingerprint density at radius 1 is 1.21 bits per heavy atom. The van der Waals surface area contributed by atoms with Gasteiger partial charge in [0.25, 0.3) is 0 Å². The van der Waals surface area contributed by atoms with Crippen LogP contribution in [0.2, 0.25) is 0 Å². The second kappa shape index (κ2) is 7.36. The Kier molecular flexibility index (Phi) is 6.81. The highest BCUT2D eigenvalue weighted by molar-refractivity contribution is 5.24. The van der Waals surface area contributed by atoms with Crippen molar-refractivity contribution in [2.75, 3.05) is 0 Å². The number of nitrogens with zero attached hydrogens (tertiary/aromatic N) is 2. The van der Waals surface area contributed by atoms with E-state index in [9.17, 15) is 0 Å². The average Bonchev–Trinajstić information content (AvgIpc) is 2.54. The molecule has 0 saturated carbocycles. The fourth-order valence-corrected chi connectivity index (χ4v) is 1.25. The van der Waals surface area contributed by atoms with Crippen molar-refractivity contribution in [3.8, 4) is 0 Å². The minimum atomic E-state index is 1.04. The molecule has 0 fully saturated rings. The Bertz CT molecular complexity index is 347. The quantitative estimate of drug-likeness (QED) is 0.702. The van der Waals surface area contributed by atoms with Crippen molar-refractivity contribution in [1.82, 2.24) is 9.55 Å². The van der Waals surface area contributed by atoms with Gasteiger partial charge in [0.05, 0.1) is 17.0 Å². The molecule has 80 valence electrons. The molecule has 1 rings (SSSR count). The van der Waals surface area contributed by atoms with E-state index in [1.807, 2.05) is 27.2 Å². The van der Waals surface area contributed by atoms with Gasteiger partial charge in [-0.25, -0.2) is 4.98 Å². The summed E-state index contributed by atoms with van der Waals surface area (Å²) < 4.78 is 2.06. The molecule has 0 atom stereocenters. The summed E-state index contributed by atoms with van der Waals surface area (Å²) in [5.41, 5.74) is 0. The van der Waals surface area contributed by atoms with Crippen LogP contribution < -0.4 is 10.7 Å². The Morgan fingerprint density at radius 3 is 2.29 bits per heavy atom. The number of hydrogen-bond donors (Lipinski definition) is 0. The molecule has 0 saturated heterocycles. The number of aromatic nitrogens is 2. The van der Waals surface area contributed by atoms with Crippen LogP contribution >= 0.6 is 0 Å². The second-order valence-corrected chi connectivity index (χ2v) is 2.85. The van der Waals surface area contributed by atoms with Gasteiger partial charge in [0.1, 0.15) is 0 Å². The van der Waals surface area contributed by atoms with Crippen LogP contribution in [-0.4, -0.2) is 9.55 Å². The molecule has 0 spiro atoms. The SMILES string of the molecule is CC.CC/C=c1/ncn(C)/c1=C/CC. The first kappa shape index (κ1) is 12.9. The molecule has 0 aromatic carbocycles. The van der Waals surface area contributed by atoms with E-state index in [1.165, 1.54) is 5.35 Å². The van der Waals surface area contributed by atoms with E-state index in [1.54, 1.807) is 0 Å². The maximum absolute atomic E-state index is 4.30. The van der Waals surface area contributed by atoms with Crippen molar-refractivity contribution in [1.29, 1.82) is 0 Å². The lowest BCUT2D eigenvalue weighted by Gasteiger charge is -1.87. The van der Waals surface area contributed by atoms with Crippen LogP contribution in [0.3, 0.4) is 0 Å². The van der Waals surface area contributed by atoms with E-state index in [4.69, 9.17) is 0 Å². The molecule has 0 aliphatic heterocycles. The first-order chi connectivity index (χ1) is 6.79. The molecule has 1 heterocycles. The van der Waals surface area contributed by atoms with Crippen LogP contribution in [0, 0.1) is 0 Å². The summed E-state index contributed by atoms with van der Waals surface area (Å²) in [7, 11) is 2.03. The van der Waals surface area contributed by atoms with Crippen molar-refractivity contribution >= 4 is 12.2 Å². The summed E-state index contributed by atoms with van der Waals surface area (Å²) in [6.45, 7) is 8.27. The second-order valence-electron chi connectivity index (χ2n) is 2.85. The zero-order chi connectivity index (χ0) is 11.0. The highest BCUT2D eigenvalue weighted by atomic mass is 15.0. The van der Waals surface area contributed by atoms with Crippen molar-refractivity contribution < 1.29 is 0 Å². The molecule has 1 aromatic rings. The highest BCUT2D eigenvalue weighted by Crippen LogP contribution is 1.76. The lowest BCUT2D eigenvalue weighted by Crippen LogP contribution is -2.28. The van der Waals surface area contributed by atoms with Crippen LogP contribution in [0.25, 0.3) is 12.2 Å². The maximum atomic E-state index is 4.30.